The standard InChI is InChI=1S/C4H4OS/c5-6-3-1-2-4-6/h1,3H,2H2. The molecule has 1 aliphatic heterocycles. The Morgan fingerprint density at radius 1 is 1.83 bits per heavy atom. The first-order valence-electron chi connectivity index (χ1n) is 1.70. The van der Waals surface area contributed by atoms with Crippen LogP contribution in [-0.2, 0) is 11.2 Å². The summed E-state index contributed by atoms with van der Waals surface area (Å²) in [5, 5.41) is 1.64. The predicted octanol–water partition coefficient (Wildman–Crippen LogP) is 0.691. The van der Waals surface area contributed by atoms with Crippen molar-refractivity contribution >= 4 is 11.2 Å². The van der Waals surface area contributed by atoms with Crippen molar-refractivity contribution in [1.82, 2.24) is 0 Å². The minimum Gasteiger partial charge on any atom is -0.611 e. The SMILES string of the molecule is [O-][S+]1[C]CC=C1. The first-order valence-corrected chi connectivity index (χ1v) is 2.91. The number of rotatable bonds is 0. The highest BCUT2D eigenvalue weighted by molar-refractivity contribution is 7.96. The average Bonchev–Trinajstić information content (AvgIpc) is 1.86. The van der Waals surface area contributed by atoms with Gasteiger partial charge < -0.3 is 4.55 Å². The molecule has 0 saturated carbocycles. The van der Waals surface area contributed by atoms with Crippen LogP contribution >= 0.6 is 0 Å². The summed E-state index contributed by atoms with van der Waals surface area (Å²) in [5.41, 5.74) is 0. The van der Waals surface area contributed by atoms with E-state index >= 15 is 0 Å². The lowest BCUT2D eigenvalue weighted by Gasteiger charge is -1.90. The highest BCUT2D eigenvalue weighted by Crippen LogP contribution is 2.10. The van der Waals surface area contributed by atoms with Gasteiger partial charge in [0, 0.05) is 6.42 Å². The third kappa shape index (κ3) is 0.758. The lowest BCUT2D eigenvalue weighted by atomic mass is 10.5. The largest absolute Gasteiger partial charge is 0.611 e. The van der Waals surface area contributed by atoms with E-state index in [9.17, 15) is 4.55 Å². The normalized spacial score (nSPS) is 31.8. The van der Waals surface area contributed by atoms with Crippen molar-refractivity contribution in [3.05, 3.63) is 17.2 Å². The van der Waals surface area contributed by atoms with Crippen molar-refractivity contribution in [3.8, 4) is 0 Å². The molecule has 1 atom stereocenters. The fourth-order valence-electron chi connectivity index (χ4n) is 0.314. The zero-order chi connectivity index (χ0) is 4.41. The molecule has 1 heterocycles. The molecule has 0 aliphatic carbocycles. The van der Waals surface area contributed by atoms with E-state index in [-0.39, 0.29) is 0 Å². The highest BCUT2D eigenvalue weighted by Gasteiger charge is 2.08. The second-order valence-corrected chi connectivity index (χ2v) is 2.17. The summed E-state index contributed by atoms with van der Waals surface area (Å²) in [6.45, 7) is 0. The molecule has 0 aromatic rings. The van der Waals surface area contributed by atoms with Crippen LogP contribution in [-0.4, -0.2) is 4.55 Å². The van der Waals surface area contributed by atoms with Crippen LogP contribution in [0.4, 0.5) is 0 Å². The Hall–Kier alpha value is 0.0500. The van der Waals surface area contributed by atoms with Gasteiger partial charge in [0.2, 0.25) is 5.75 Å². The van der Waals surface area contributed by atoms with Crippen molar-refractivity contribution in [2.75, 3.05) is 0 Å². The first kappa shape index (κ1) is 4.22. The Balaban J connectivity index is 2.38. The molecule has 32 valence electrons. The molecule has 2 heteroatoms. The summed E-state index contributed by atoms with van der Waals surface area (Å²) in [6.07, 6.45) is 2.60. The van der Waals surface area contributed by atoms with E-state index in [4.69, 9.17) is 0 Å². The zero-order valence-corrected chi connectivity index (χ0v) is 3.99. The van der Waals surface area contributed by atoms with Crippen molar-refractivity contribution in [1.29, 1.82) is 0 Å². The van der Waals surface area contributed by atoms with Gasteiger partial charge in [0.25, 0.3) is 0 Å². The van der Waals surface area contributed by atoms with Crippen LogP contribution < -0.4 is 0 Å². The van der Waals surface area contributed by atoms with Gasteiger partial charge in [-0.3, -0.25) is 0 Å². The summed E-state index contributed by atoms with van der Waals surface area (Å²) in [5.74, 6) is 2.68. The molecule has 0 aromatic carbocycles. The Morgan fingerprint density at radius 2 is 2.67 bits per heavy atom. The first-order chi connectivity index (χ1) is 2.89. The Bertz CT molecular complexity index is 69.9. The van der Waals surface area contributed by atoms with Gasteiger partial charge in [-0.1, -0.05) is 0 Å². The highest BCUT2D eigenvalue weighted by atomic mass is 32.2. The minimum absolute atomic E-state index is 0.757. The molecule has 0 bridgehead atoms. The molecule has 1 unspecified atom stereocenters. The maximum absolute atomic E-state index is 10.2. The zero-order valence-electron chi connectivity index (χ0n) is 3.18. The summed E-state index contributed by atoms with van der Waals surface area (Å²) in [6, 6.07) is 0. The molecule has 6 heavy (non-hydrogen) atoms. The Morgan fingerprint density at radius 3 is 2.83 bits per heavy atom. The third-order valence-corrected chi connectivity index (χ3v) is 1.45. The molecule has 0 fully saturated rings. The molecular weight excluding hydrogens is 96.1 g/mol. The lowest BCUT2D eigenvalue weighted by Crippen LogP contribution is -1.85. The van der Waals surface area contributed by atoms with E-state index in [2.05, 4.69) is 5.75 Å². The molecule has 1 aliphatic rings. The van der Waals surface area contributed by atoms with Crippen LogP contribution in [0.15, 0.2) is 11.5 Å². The van der Waals surface area contributed by atoms with Gasteiger partial charge in [0.1, 0.15) is 5.41 Å². The molecule has 0 aromatic heterocycles. The summed E-state index contributed by atoms with van der Waals surface area (Å²) < 4.78 is 10.2. The van der Waals surface area contributed by atoms with Crippen LogP contribution in [0.3, 0.4) is 0 Å². The molecule has 2 radical (unpaired) electrons. The maximum atomic E-state index is 10.2. The fraction of sp³-hybridized carbons (Fsp3) is 0.250. The van der Waals surface area contributed by atoms with E-state index in [1.165, 1.54) is 0 Å². The lowest BCUT2D eigenvalue weighted by molar-refractivity contribution is 0.609. The molecule has 1 nitrogen and oxygen atoms in total. The number of allylic oxidation sites excluding steroid dienone is 1. The molecule has 0 saturated heterocycles. The second-order valence-electron chi connectivity index (χ2n) is 1.02. The van der Waals surface area contributed by atoms with E-state index in [1.807, 2.05) is 6.08 Å². The Labute approximate surface area is 40.2 Å². The van der Waals surface area contributed by atoms with Crippen LogP contribution in [0, 0.1) is 5.75 Å². The maximum Gasteiger partial charge on any atom is 0.245 e. The van der Waals surface area contributed by atoms with Crippen LogP contribution in [0.1, 0.15) is 6.42 Å². The van der Waals surface area contributed by atoms with E-state index < -0.39 is 11.2 Å². The van der Waals surface area contributed by atoms with Gasteiger partial charge in [0.15, 0.2) is 0 Å². The van der Waals surface area contributed by atoms with Crippen molar-refractivity contribution in [2.45, 2.75) is 6.42 Å². The monoisotopic (exact) mass is 100.0 g/mol. The summed E-state index contributed by atoms with van der Waals surface area (Å²) in [7, 11) is 0. The molecule has 0 N–H and O–H groups in total. The third-order valence-electron chi connectivity index (χ3n) is 0.563. The second kappa shape index (κ2) is 1.67. The summed E-state index contributed by atoms with van der Waals surface area (Å²) in [4.78, 5) is 0. The van der Waals surface area contributed by atoms with Gasteiger partial charge >= 0.3 is 0 Å². The number of hydrogen-bond donors (Lipinski definition) is 0. The van der Waals surface area contributed by atoms with Crippen LogP contribution in [0.25, 0.3) is 0 Å². The molecule has 0 spiro atoms. The fourth-order valence-corrected chi connectivity index (χ4v) is 0.942. The van der Waals surface area contributed by atoms with E-state index in [0.717, 1.165) is 6.42 Å². The van der Waals surface area contributed by atoms with Gasteiger partial charge in [-0.25, -0.2) is 0 Å². The summed E-state index contributed by atoms with van der Waals surface area (Å²) >= 11 is -0.853. The van der Waals surface area contributed by atoms with Crippen LogP contribution in [0.5, 0.6) is 0 Å². The number of hydrogen-bond acceptors (Lipinski definition) is 1. The quantitative estimate of drug-likeness (QED) is 0.411. The molecular formula is C4H4OS. The van der Waals surface area contributed by atoms with Gasteiger partial charge in [-0.2, -0.15) is 0 Å². The van der Waals surface area contributed by atoms with Crippen molar-refractivity contribution in [2.24, 2.45) is 0 Å². The topological polar surface area (TPSA) is 23.1 Å². The van der Waals surface area contributed by atoms with E-state index in [1.54, 1.807) is 5.41 Å². The van der Waals surface area contributed by atoms with Crippen LogP contribution in [0.2, 0.25) is 0 Å². The smallest absolute Gasteiger partial charge is 0.245 e. The van der Waals surface area contributed by atoms with Gasteiger partial charge in [0.05, 0.1) is 0 Å². The van der Waals surface area contributed by atoms with E-state index in [0.29, 0.717) is 0 Å². The van der Waals surface area contributed by atoms with Crippen molar-refractivity contribution < 1.29 is 4.55 Å². The van der Waals surface area contributed by atoms with Crippen molar-refractivity contribution in [3.63, 3.8) is 0 Å². The predicted molar refractivity (Wildman–Crippen MR) is 25.1 cm³/mol. The molecule has 0 amide bonds. The Kier molecular flexibility index (Phi) is 1.17. The van der Waals surface area contributed by atoms with Gasteiger partial charge in [-0.05, 0) is 17.3 Å². The van der Waals surface area contributed by atoms with Gasteiger partial charge in [-0.15, -0.1) is 0 Å². The molecule has 1 rings (SSSR count). The minimum atomic E-state index is -0.853. The average molecular weight is 100 g/mol.